The highest BCUT2D eigenvalue weighted by atomic mass is 79.9. The summed E-state index contributed by atoms with van der Waals surface area (Å²) in [4.78, 5) is 11.0. The molecule has 1 heterocycles. The number of aliphatic carboxylic acids is 1. The lowest BCUT2D eigenvalue weighted by atomic mass is 9.77. The predicted octanol–water partition coefficient (Wildman–Crippen LogP) is 2.14. The van der Waals surface area contributed by atoms with Crippen molar-refractivity contribution in [2.24, 2.45) is 0 Å². The second-order valence-electron chi connectivity index (χ2n) is 3.80. The van der Waals surface area contributed by atoms with Crippen molar-refractivity contribution in [2.45, 2.75) is 31.3 Å². The fourth-order valence-electron chi connectivity index (χ4n) is 1.70. The molecule has 0 atom stereocenters. The zero-order valence-electron chi connectivity index (χ0n) is 8.12. The molecule has 0 unspecified atom stereocenters. The molecule has 1 aromatic rings. The van der Waals surface area contributed by atoms with Crippen LogP contribution in [0.1, 0.15) is 25.0 Å². The largest absolute Gasteiger partial charge is 0.480 e. The fourth-order valence-corrected chi connectivity index (χ4v) is 2.04. The molecule has 0 spiro atoms. The molecular formula is C10H12BrNO3. The number of carbonyl (C=O) groups is 1. The third-order valence-electron chi connectivity index (χ3n) is 2.85. The van der Waals surface area contributed by atoms with E-state index in [1.807, 2.05) is 6.07 Å². The number of carboxylic acids is 1. The Morgan fingerprint density at radius 2 is 2.33 bits per heavy atom. The SMILES string of the molecule is O=C(O)C1(NCc2ccc(Br)o2)CCC1. The van der Waals surface area contributed by atoms with E-state index in [9.17, 15) is 4.79 Å². The standard InChI is InChI=1S/C10H12BrNO3/c11-8-3-2-7(15-8)6-12-10(9(13)14)4-1-5-10/h2-3,12H,1,4-6H2,(H,13,14). The van der Waals surface area contributed by atoms with Crippen LogP contribution in [0.15, 0.2) is 21.2 Å². The second-order valence-corrected chi connectivity index (χ2v) is 4.58. The molecule has 0 aliphatic heterocycles. The lowest BCUT2D eigenvalue weighted by Crippen LogP contribution is -2.56. The van der Waals surface area contributed by atoms with Crippen LogP contribution in [-0.2, 0) is 11.3 Å². The summed E-state index contributed by atoms with van der Waals surface area (Å²) in [6.45, 7) is 0.456. The van der Waals surface area contributed by atoms with Crippen LogP contribution in [0.5, 0.6) is 0 Å². The summed E-state index contributed by atoms with van der Waals surface area (Å²) in [5.41, 5.74) is -0.723. The Balaban J connectivity index is 1.95. The van der Waals surface area contributed by atoms with Gasteiger partial charge in [0.2, 0.25) is 0 Å². The van der Waals surface area contributed by atoms with Crippen LogP contribution in [0.3, 0.4) is 0 Å². The molecule has 0 aromatic carbocycles. The van der Waals surface area contributed by atoms with Gasteiger partial charge in [0.05, 0.1) is 6.54 Å². The predicted molar refractivity (Wildman–Crippen MR) is 57.5 cm³/mol. The van der Waals surface area contributed by atoms with Crippen LogP contribution in [0.25, 0.3) is 0 Å². The maximum absolute atomic E-state index is 11.0. The molecule has 1 aromatic heterocycles. The van der Waals surface area contributed by atoms with Gasteiger partial charge in [-0.25, -0.2) is 0 Å². The number of rotatable bonds is 4. The van der Waals surface area contributed by atoms with E-state index in [0.717, 1.165) is 12.2 Å². The third kappa shape index (κ3) is 2.08. The third-order valence-corrected chi connectivity index (χ3v) is 3.27. The molecule has 2 N–H and O–H groups in total. The number of halogens is 1. The zero-order chi connectivity index (χ0) is 10.9. The van der Waals surface area contributed by atoms with E-state index in [2.05, 4.69) is 21.2 Å². The molecule has 5 heteroatoms. The van der Waals surface area contributed by atoms with Crippen molar-refractivity contribution in [3.05, 3.63) is 22.6 Å². The van der Waals surface area contributed by atoms with Gasteiger partial charge in [-0.05, 0) is 47.3 Å². The van der Waals surface area contributed by atoms with Gasteiger partial charge in [0.25, 0.3) is 0 Å². The lowest BCUT2D eigenvalue weighted by molar-refractivity contribution is -0.148. The topological polar surface area (TPSA) is 62.5 Å². The molecule has 2 rings (SSSR count). The summed E-state index contributed by atoms with van der Waals surface area (Å²) in [5, 5.41) is 12.1. The van der Waals surface area contributed by atoms with Crippen molar-refractivity contribution in [1.29, 1.82) is 0 Å². The van der Waals surface area contributed by atoms with Gasteiger partial charge in [-0.3, -0.25) is 10.1 Å². The normalized spacial score (nSPS) is 18.5. The van der Waals surface area contributed by atoms with Crippen molar-refractivity contribution >= 4 is 21.9 Å². The summed E-state index contributed by atoms with van der Waals surface area (Å²) in [6.07, 6.45) is 2.37. The number of hydrogen-bond donors (Lipinski definition) is 2. The smallest absolute Gasteiger partial charge is 0.323 e. The van der Waals surface area contributed by atoms with Gasteiger partial charge < -0.3 is 9.52 Å². The molecule has 1 fully saturated rings. The Labute approximate surface area is 95.8 Å². The van der Waals surface area contributed by atoms with Gasteiger partial charge in [-0.1, -0.05) is 0 Å². The van der Waals surface area contributed by atoms with Crippen molar-refractivity contribution in [3.63, 3.8) is 0 Å². The fraction of sp³-hybridized carbons (Fsp3) is 0.500. The van der Waals surface area contributed by atoms with Gasteiger partial charge in [0.15, 0.2) is 4.67 Å². The Morgan fingerprint density at radius 1 is 1.60 bits per heavy atom. The quantitative estimate of drug-likeness (QED) is 0.883. The lowest BCUT2D eigenvalue weighted by Gasteiger charge is -2.38. The molecular weight excluding hydrogens is 262 g/mol. The summed E-state index contributed by atoms with van der Waals surface area (Å²) in [7, 11) is 0. The molecule has 82 valence electrons. The molecule has 0 saturated heterocycles. The first kappa shape index (κ1) is 10.7. The molecule has 0 radical (unpaired) electrons. The molecule has 4 nitrogen and oxygen atoms in total. The van der Waals surface area contributed by atoms with Crippen molar-refractivity contribution in [1.82, 2.24) is 5.32 Å². The van der Waals surface area contributed by atoms with Gasteiger partial charge in [-0.2, -0.15) is 0 Å². The van der Waals surface area contributed by atoms with Gasteiger partial charge in [0, 0.05) is 0 Å². The highest BCUT2D eigenvalue weighted by molar-refractivity contribution is 9.10. The first-order valence-corrected chi connectivity index (χ1v) is 5.64. The monoisotopic (exact) mass is 273 g/mol. The number of carboxylic acid groups (broad SMARTS) is 1. The van der Waals surface area contributed by atoms with Crippen LogP contribution in [0.4, 0.5) is 0 Å². The average molecular weight is 274 g/mol. The van der Waals surface area contributed by atoms with E-state index < -0.39 is 11.5 Å². The minimum absolute atomic E-state index is 0.456. The Morgan fingerprint density at radius 3 is 2.73 bits per heavy atom. The molecule has 15 heavy (non-hydrogen) atoms. The number of hydrogen-bond acceptors (Lipinski definition) is 3. The minimum atomic E-state index is -0.764. The molecule has 1 saturated carbocycles. The Kier molecular flexibility index (Phi) is 2.84. The summed E-state index contributed by atoms with van der Waals surface area (Å²) >= 11 is 3.20. The van der Waals surface area contributed by atoms with Crippen LogP contribution >= 0.6 is 15.9 Å². The van der Waals surface area contributed by atoms with Crippen LogP contribution < -0.4 is 5.32 Å². The van der Waals surface area contributed by atoms with Gasteiger partial charge in [-0.15, -0.1) is 0 Å². The Hall–Kier alpha value is -0.810. The van der Waals surface area contributed by atoms with E-state index in [-0.39, 0.29) is 0 Å². The van der Waals surface area contributed by atoms with Crippen molar-refractivity contribution < 1.29 is 14.3 Å². The van der Waals surface area contributed by atoms with E-state index in [1.165, 1.54) is 0 Å². The summed E-state index contributed by atoms with van der Waals surface area (Å²) in [5.74, 6) is -0.0197. The van der Waals surface area contributed by atoms with Crippen molar-refractivity contribution in [3.8, 4) is 0 Å². The minimum Gasteiger partial charge on any atom is -0.480 e. The first-order chi connectivity index (χ1) is 7.12. The highest BCUT2D eigenvalue weighted by Gasteiger charge is 2.43. The number of nitrogens with one attached hydrogen (secondary N) is 1. The highest BCUT2D eigenvalue weighted by Crippen LogP contribution is 2.32. The molecule has 0 bridgehead atoms. The second kappa shape index (κ2) is 3.98. The van der Waals surface area contributed by atoms with Gasteiger partial charge >= 0.3 is 5.97 Å². The van der Waals surface area contributed by atoms with E-state index >= 15 is 0 Å². The maximum atomic E-state index is 11.0. The molecule has 0 amide bonds. The average Bonchev–Trinajstić information content (AvgIpc) is 2.49. The molecule has 1 aliphatic rings. The van der Waals surface area contributed by atoms with Gasteiger partial charge in [0.1, 0.15) is 11.3 Å². The Bertz CT molecular complexity index is 370. The van der Waals surface area contributed by atoms with E-state index in [4.69, 9.17) is 9.52 Å². The van der Waals surface area contributed by atoms with Crippen LogP contribution in [0.2, 0.25) is 0 Å². The maximum Gasteiger partial charge on any atom is 0.323 e. The van der Waals surface area contributed by atoms with E-state index in [0.29, 0.717) is 24.1 Å². The van der Waals surface area contributed by atoms with Crippen LogP contribution in [-0.4, -0.2) is 16.6 Å². The zero-order valence-corrected chi connectivity index (χ0v) is 9.71. The van der Waals surface area contributed by atoms with Crippen molar-refractivity contribution in [2.75, 3.05) is 0 Å². The summed E-state index contributed by atoms with van der Waals surface area (Å²) in [6, 6.07) is 3.62. The first-order valence-electron chi connectivity index (χ1n) is 4.85. The molecule has 1 aliphatic carbocycles. The van der Waals surface area contributed by atoms with E-state index in [1.54, 1.807) is 6.07 Å². The van der Waals surface area contributed by atoms with Crippen LogP contribution in [0, 0.1) is 0 Å². The summed E-state index contributed by atoms with van der Waals surface area (Å²) < 4.78 is 5.95. The number of furan rings is 1.